The summed E-state index contributed by atoms with van der Waals surface area (Å²) in [4.78, 5) is 28.7. The van der Waals surface area contributed by atoms with E-state index in [0.29, 0.717) is 18.0 Å². The molecular weight excluding hydrogens is 412 g/mol. The minimum atomic E-state index is -0.622. The molecule has 3 aromatic rings. The molecule has 5 nitrogen and oxygen atoms in total. The number of carbonyl (C=O) groups excluding carboxylic acids is 2. The second-order valence-electron chi connectivity index (χ2n) is 8.52. The topological polar surface area (TPSA) is 58.6 Å². The molecule has 0 spiro atoms. The van der Waals surface area contributed by atoms with Crippen molar-refractivity contribution in [1.29, 1.82) is 0 Å². The molecule has 0 aromatic heterocycles. The molecule has 0 fully saturated rings. The maximum Gasteiger partial charge on any atom is 0.247 e. The first kappa shape index (κ1) is 24.1. The number of aryl methyl sites for hydroxylation is 1. The SMILES string of the molecule is COc1ccc(NC(=O)C(C(C)C)N(Cc2ccccc2C)C(=O)Cc2ccccc2)cc1. The van der Waals surface area contributed by atoms with Gasteiger partial charge in [0, 0.05) is 12.2 Å². The van der Waals surface area contributed by atoms with Gasteiger partial charge < -0.3 is 15.0 Å². The summed E-state index contributed by atoms with van der Waals surface area (Å²) < 4.78 is 5.20. The van der Waals surface area contributed by atoms with Crippen LogP contribution in [0, 0.1) is 12.8 Å². The summed E-state index contributed by atoms with van der Waals surface area (Å²) in [6.45, 7) is 6.34. The highest BCUT2D eigenvalue weighted by Crippen LogP contribution is 2.22. The van der Waals surface area contributed by atoms with Crippen molar-refractivity contribution < 1.29 is 14.3 Å². The third kappa shape index (κ3) is 6.45. The molecule has 5 heteroatoms. The Hall–Kier alpha value is -3.60. The Morgan fingerprint density at radius 1 is 0.909 bits per heavy atom. The average Bonchev–Trinajstić information content (AvgIpc) is 2.81. The molecule has 33 heavy (non-hydrogen) atoms. The van der Waals surface area contributed by atoms with E-state index >= 15 is 0 Å². The first-order chi connectivity index (χ1) is 15.9. The zero-order valence-electron chi connectivity index (χ0n) is 19.7. The Morgan fingerprint density at radius 3 is 2.15 bits per heavy atom. The summed E-state index contributed by atoms with van der Waals surface area (Å²) in [6.07, 6.45) is 0.242. The second kappa shape index (κ2) is 11.3. The Labute approximate surface area is 196 Å². The molecule has 0 aliphatic carbocycles. The Kier molecular flexibility index (Phi) is 8.25. The molecule has 0 radical (unpaired) electrons. The maximum atomic E-state index is 13.5. The number of benzene rings is 3. The zero-order chi connectivity index (χ0) is 23.8. The number of nitrogens with zero attached hydrogens (tertiary/aromatic N) is 1. The molecule has 0 bridgehead atoms. The summed E-state index contributed by atoms with van der Waals surface area (Å²) in [7, 11) is 1.60. The first-order valence-electron chi connectivity index (χ1n) is 11.2. The lowest BCUT2D eigenvalue weighted by Crippen LogP contribution is -2.50. The Morgan fingerprint density at radius 2 is 1.55 bits per heavy atom. The molecule has 0 aliphatic heterocycles. The molecular formula is C28H32N2O3. The van der Waals surface area contributed by atoms with Crippen molar-refractivity contribution in [1.82, 2.24) is 4.90 Å². The van der Waals surface area contributed by atoms with E-state index < -0.39 is 6.04 Å². The number of rotatable bonds is 9. The van der Waals surface area contributed by atoms with Crippen molar-refractivity contribution in [2.24, 2.45) is 5.92 Å². The van der Waals surface area contributed by atoms with Gasteiger partial charge in [-0.3, -0.25) is 9.59 Å². The normalized spacial score (nSPS) is 11.7. The van der Waals surface area contributed by atoms with Crippen molar-refractivity contribution in [3.05, 3.63) is 95.6 Å². The van der Waals surface area contributed by atoms with Crippen LogP contribution < -0.4 is 10.1 Å². The number of carbonyl (C=O) groups is 2. The molecule has 3 aromatic carbocycles. The quantitative estimate of drug-likeness (QED) is 0.491. The molecule has 1 N–H and O–H groups in total. The molecule has 1 unspecified atom stereocenters. The van der Waals surface area contributed by atoms with Gasteiger partial charge >= 0.3 is 0 Å². The highest BCUT2D eigenvalue weighted by atomic mass is 16.5. The van der Waals surface area contributed by atoms with E-state index in [-0.39, 0.29) is 24.2 Å². The lowest BCUT2D eigenvalue weighted by atomic mass is 9.98. The summed E-state index contributed by atoms with van der Waals surface area (Å²) >= 11 is 0. The van der Waals surface area contributed by atoms with E-state index in [1.165, 1.54) is 0 Å². The van der Waals surface area contributed by atoms with E-state index in [4.69, 9.17) is 4.74 Å². The van der Waals surface area contributed by atoms with Crippen LogP contribution in [0.15, 0.2) is 78.9 Å². The van der Waals surface area contributed by atoms with Gasteiger partial charge in [-0.1, -0.05) is 68.4 Å². The number of nitrogens with one attached hydrogen (secondary N) is 1. The van der Waals surface area contributed by atoms with Crippen LogP contribution in [0.2, 0.25) is 0 Å². The lowest BCUT2D eigenvalue weighted by Gasteiger charge is -2.34. The van der Waals surface area contributed by atoms with Crippen LogP contribution in [0.25, 0.3) is 0 Å². The summed E-state index contributed by atoms with van der Waals surface area (Å²) in [5.74, 6) is 0.359. The van der Waals surface area contributed by atoms with Gasteiger partial charge in [-0.2, -0.15) is 0 Å². The molecule has 0 saturated heterocycles. The predicted octanol–water partition coefficient (Wildman–Crippen LogP) is 5.24. The molecule has 0 saturated carbocycles. The monoisotopic (exact) mass is 444 g/mol. The molecule has 172 valence electrons. The molecule has 3 rings (SSSR count). The van der Waals surface area contributed by atoms with Crippen LogP contribution in [-0.4, -0.2) is 29.9 Å². The van der Waals surface area contributed by atoms with Crippen molar-refractivity contribution in [3.63, 3.8) is 0 Å². The lowest BCUT2D eigenvalue weighted by molar-refractivity contribution is -0.140. The summed E-state index contributed by atoms with van der Waals surface area (Å²) in [5, 5.41) is 2.99. The van der Waals surface area contributed by atoms with Gasteiger partial charge in [0.25, 0.3) is 0 Å². The van der Waals surface area contributed by atoms with Gasteiger partial charge in [0.1, 0.15) is 11.8 Å². The van der Waals surface area contributed by atoms with Gasteiger partial charge in [-0.25, -0.2) is 0 Å². The van der Waals surface area contributed by atoms with E-state index in [2.05, 4.69) is 5.32 Å². The average molecular weight is 445 g/mol. The van der Waals surface area contributed by atoms with Gasteiger partial charge in [0.2, 0.25) is 11.8 Å². The summed E-state index contributed by atoms with van der Waals surface area (Å²) in [5.41, 5.74) is 3.71. The van der Waals surface area contributed by atoms with Crippen molar-refractivity contribution >= 4 is 17.5 Å². The van der Waals surface area contributed by atoms with Crippen molar-refractivity contribution in [2.75, 3.05) is 12.4 Å². The standard InChI is InChI=1S/C28H32N2O3/c1-20(2)27(28(32)29-24-14-16-25(33-4)17-15-24)30(19-23-13-9-8-10-21(23)3)26(31)18-22-11-6-5-7-12-22/h5-17,20,27H,18-19H2,1-4H3,(H,29,32). The fraction of sp³-hybridized carbons (Fsp3) is 0.286. The Balaban J connectivity index is 1.90. The van der Waals surface area contributed by atoms with Crippen LogP contribution in [0.5, 0.6) is 5.75 Å². The predicted molar refractivity (Wildman–Crippen MR) is 132 cm³/mol. The van der Waals surface area contributed by atoms with E-state index in [1.807, 2.05) is 75.4 Å². The number of anilines is 1. The van der Waals surface area contributed by atoms with Gasteiger partial charge in [-0.05, 0) is 53.8 Å². The number of ether oxygens (including phenoxy) is 1. The van der Waals surface area contributed by atoms with E-state index in [1.54, 1.807) is 36.3 Å². The fourth-order valence-electron chi connectivity index (χ4n) is 3.88. The zero-order valence-corrected chi connectivity index (χ0v) is 19.7. The number of amides is 2. The largest absolute Gasteiger partial charge is 0.497 e. The highest BCUT2D eigenvalue weighted by molar-refractivity contribution is 5.97. The van der Waals surface area contributed by atoms with Crippen LogP contribution in [-0.2, 0) is 22.6 Å². The third-order valence-electron chi connectivity index (χ3n) is 5.71. The van der Waals surface area contributed by atoms with Crippen LogP contribution in [0.1, 0.15) is 30.5 Å². The maximum absolute atomic E-state index is 13.5. The molecule has 2 amide bonds. The second-order valence-corrected chi connectivity index (χ2v) is 8.52. The first-order valence-corrected chi connectivity index (χ1v) is 11.2. The van der Waals surface area contributed by atoms with Gasteiger partial charge in [0.15, 0.2) is 0 Å². The number of methoxy groups -OCH3 is 1. The third-order valence-corrected chi connectivity index (χ3v) is 5.71. The minimum absolute atomic E-state index is 0.0759. The Bertz CT molecular complexity index is 1060. The fourth-order valence-corrected chi connectivity index (χ4v) is 3.88. The van der Waals surface area contributed by atoms with Crippen LogP contribution in [0.3, 0.4) is 0 Å². The minimum Gasteiger partial charge on any atom is -0.497 e. The van der Waals surface area contributed by atoms with Crippen LogP contribution >= 0.6 is 0 Å². The molecule has 0 heterocycles. The van der Waals surface area contributed by atoms with Gasteiger partial charge in [-0.15, -0.1) is 0 Å². The van der Waals surface area contributed by atoms with Crippen molar-refractivity contribution in [2.45, 2.75) is 39.8 Å². The highest BCUT2D eigenvalue weighted by Gasteiger charge is 2.33. The van der Waals surface area contributed by atoms with E-state index in [9.17, 15) is 9.59 Å². The van der Waals surface area contributed by atoms with Crippen LogP contribution in [0.4, 0.5) is 5.69 Å². The summed E-state index contributed by atoms with van der Waals surface area (Å²) in [6, 6.07) is 24.2. The molecule has 0 aliphatic rings. The van der Waals surface area contributed by atoms with Gasteiger partial charge in [0.05, 0.1) is 13.5 Å². The smallest absolute Gasteiger partial charge is 0.247 e. The van der Waals surface area contributed by atoms with Crippen molar-refractivity contribution in [3.8, 4) is 5.75 Å². The van der Waals surface area contributed by atoms with E-state index in [0.717, 1.165) is 16.7 Å². The number of hydrogen-bond acceptors (Lipinski definition) is 3. The molecule has 1 atom stereocenters. The number of hydrogen-bond donors (Lipinski definition) is 1.